The van der Waals surface area contributed by atoms with Crippen LogP contribution in [0.25, 0.3) is 0 Å². The van der Waals surface area contributed by atoms with Crippen molar-refractivity contribution in [3.63, 3.8) is 0 Å². The second-order valence-corrected chi connectivity index (χ2v) is 10.6. The molecule has 7 nitrogen and oxygen atoms in total. The van der Waals surface area contributed by atoms with Gasteiger partial charge >= 0.3 is 0 Å². The Hall–Kier alpha value is -1.35. The van der Waals surface area contributed by atoms with Gasteiger partial charge in [0.1, 0.15) is 0 Å². The molecule has 1 aliphatic carbocycles. The molecule has 1 N–H and O–H groups in total. The number of nitrogens with zero attached hydrogens (tertiary/aromatic N) is 2. The van der Waals surface area contributed by atoms with Gasteiger partial charge in [-0.1, -0.05) is 37.9 Å². The highest BCUT2D eigenvalue weighted by Crippen LogP contribution is 2.30. The van der Waals surface area contributed by atoms with Crippen LogP contribution in [0.3, 0.4) is 0 Å². The monoisotopic (exact) mass is 413 g/mol. The lowest BCUT2D eigenvalue weighted by Gasteiger charge is -2.34. The summed E-state index contributed by atoms with van der Waals surface area (Å²) in [7, 11) is -3.05. The van der Waals surface area contributed by atoms with Gasteiger partial charge in [0.05, 0.1) is 17.3 Å². The molecule has 3 rings (SSSR count). The summed E-state index contributed by atoms with van der Waals surface area (Å²) in [6.45, 7) is 2.02. The number of sulfone groups is 1. The average molecular weight is 414 g/mol. The fraction of sp³-hybridized carbons (Fsp3) is 0.722. The fourth-order valence-corrected chi connectivity index (χ4v) is 6.50. The van der Waals surface area contributed by atoms with Crippen molar-refractivity contribution >= 4 is 27.5 Å². The second-order valence-electron chi connectivity index (χ2n) is 7.38. The Balaban J connectivity index is 1.70. The predicted octanol–water partition coefficient (Wildman–Crippen LogP) is 1.77. The summed E-state index contributed by atoms with van der Waals surface area (Å²) in [6, 6.07) is 1.41. The van der Waals surface area contributed by atoms with Crippen molar-refractivity contribution in [1.82, 2.24) is 14.9 Å². The first-order valence-corrected chi connectivity index (χ1v) is 12.4. The molecular formula is C18H27N3O4S2. The number of carbonyl (C=O) groups excluding carboxylic acids is 1. The van der Waals surface area contributed by atoms with Crippen LogP contribution >= 0.6 is 11.8 Å². The minimum absolute atomic E-state index is 0.0578. The third-order valence-corrected chi connectivity index (χ3v) is 7.83. The summed E-state index contributed by atoms with van der Waals surface area (Å²) >= 11 is 1.22. The molecule has 1 aliphatic heterocycles. The number of nitrogens with one attached hydrogen (secondary N) is 1. The van der Waals surface area contributed by atoms with Crippen LogP contribution in [0.15, 0.2) is 16.0 Å². The lowest BCUT2D eigenvalue weighted by Crippen LogP contribution is -2.47. The standard InChI is InChI=1S/C18H27N3O4S2/c1-2-5-13-10-16(22)20-18(19-13)26-11-17(23)21(14-6-3-4-7-14)15-8-9-27(24,25)12-15/h10,14-15H,2-9,11-12H2,1H3,(H,19,20,22)/t15-/m0/s1. The molecule has 0 aromatic carbocycles. The number of thioether (sulfide) groups is 1. The lowest BCUT2D eigenvalue weighted by atomic mass is 10.1. The van der Waals surface area contributed by atoms with Crippen LogP contribution in [0, 0.1) is 0 Å². The fourth-order valence-electron chi connectivity index (χ4n) is 4.02. The number of hydrogen-bond acceptors (Lipinski definition) is 6. The zero-order valence-electron chi connectivity index (χ0n) is 15.6. The molecular weight excluding hydrogens is 386 g/mol. The summed E-state index contributed by atoms with van der Waals surface area (Å²) in [5.74, 6) is 0.333. The number of carbonyl (C=O) groups is 1. The predicted molar refractivity (Wildman–Crippen MR) is 106 cm³/mol. The van der Waals surface area contributed by atoms with Gasteiger partial charge in [-0.15, -0.1) is 0 Å². The summed E-state index contributed by atoms with van der Waals surface area (Å²) in [6.07, 6.45) is 6.17. The Labute approximate surface area is 164 Å². The maximum absolute atomic E-state index is 13.0. The van der Waals surface area contributed by atoms with E-state index in [1.807, 2.05) is 11.8 Å². The third kappa shape index (κ3) is 5.34. The Kier molecular flexibility index (Phi) is 6.62. The minimum Gasteiger partial charge on any atom is -0.335 e. The molecule has 0 radical (unpaired) electrons. The number of aryl methyl sites for hydroxylation is 1. The smallest absolute Gasteiger partial charge is 0.251 e. The number of H-pyrrole nitrogens is 1. The van der Waals surface area contributed by atoms with Gasteiger partial charge in [0.2, 0.25) is 5.91 Å². The van der Waals surface area contributed by atoms with Crippen molar-refractivity contribution in [3.05, 3.63) is 22.1 Å². The van der Waals surface area contributed by atoms with E-state index in [2.05, 4.69) is 9.97 Å². The molecule has 1 aromatic heterocycles. The third-order valence-electron chi connectivity index (χ3n) is 5.22. The number of rotatable bonds is 7. The van der Waals surface area contributed by atoms with Gasteiger partial charge in [0, 0.05) is 23.8 Å². The first kappa shape index (κ1) is 20.4. The van der Waals surface area contributed by atoms with E-state index in [4.69, 9.17) is 0 Å². The molecule has 1 saturated heterocycles. The van der Waals surface area contributed by atoms with Crippen molar-refractivity contribution in [2.75, 3.05) is 17.3 Å². The largest absolute Gasteiger partial charge is 0.335 e. The van der Waals surface area contributed by atoms with Crippen molar-refractivity contribution in [1.29, 1.82) is 0 Å². The van der Waals surface area contributed by atoms with E-state index in [1.54, 1.807) is 0 Å². The number of amides is 1. The molecule has 2 aliphatic rings. The highest BCUT2D eigenvalue weighted by atomic mass is 32.2. The molecule has 1 saturated carbocycles. The quantitative estimate of drug-likeness (QED) is 0.540. The number of aromatic amines is 1. The van der Waals surface area contributed by atoms with Gasteiger partial charge < -0.3 is 9.88 Å². The number of aromatic nitrogens is 2. The van der Waals surface area contributed by atoms with Crippen LogP contribution < -0.4 is 5.56 Å². The van der Waals surface area contributed by atoms with E-state index >= 15 is 0 Å². The SMILES string of the molecule is CCCc1cc(=O)[nH]c(SCC(=O)N(C2CCCC2)[C@H]2CCS(=O)(=O)C2)n1. The lowest BCUT2D eigenvalue weighted by molar-refractivity contribution is -0.132. The van der Waals surface area contributed by atoms with Crippen LogP contribution in [0.2, 0.25) is 0 Å². The van der Waals surface area contributed by atoms with Crippen molar-refractivity contribution in [2.45, 2.75) is 69.1 Å². The minimum atomic E-state index is -3.05. The van der Waals surface area contributed by atoms with E-state index < -0.39 is 9.84 Å². The summed E-state index contributed by atoms with van der Waals surface area (Å²) < 4.78 is 23.8. The van der Waals surface area contributed by atoms with Gasteiger partial charge in [-0.2, -0.15) is 0 Å². The zero-order valence-corrected chi connectivity index (χ0v) is 17.3. The molecule has 1 aromatic rings. The van der Waals surface area contributed by atoms with Crippen LogP contribution in [0.4, 0.5) is 0 Å². The first-order valence-electron chi connectivity index (χ1n) is 9.62. The molecule has 9 heteroatoms. The summed E-state index contributed by atoms with van der Waals surface area (Å²) in [4.78, 5) is 33.7. The first-order chi connectivity index (χ1) is 12.9. The normalized spacial score (nSPS) is 22.2. The molecule has 0 spiro atoms. The summed E-state index contributed by atoms with van der Waals surface area (Å²) in [5.41, 5.74) is 0.517. The van der Waals surface area contributed by atoms with Crippen LogP contribution in [0.1, 0.15) is 51.1 Å². The highest BCUT2D eigenvalue weighted by Gasteiger charge is 2.38. The molecule has 27 heavy (non-hydrogen) atoms. The Bertz CT molecular complexity index is 831. The van der Waals surface area contributed by atoms with Crippen molar-refractivity contribution < 1.29 is 13.2 Å². The van der Waals surface area contributed by atoms with Gasteiger partial charge in [0.15, 0.2) is 15.0 Å². The van der Waals surface area contributed by atoms with Gasteiger partial charge in [-0.25, -0.2) is 13.4 Å². The number of hydrogen-bond donors (Lipinski definition) is 1. The topological polar surface area (TPSA) is 100 Å². The van der Waals surface area contributed by atoms with Gasteiger partial charge in [-0.3, -0.25) is 9.59 Å². The average Bonchev–Trinajstić information content (AvgIpc) is 3.23. The van der Waals surface area contributed by atoms with E-state index in [9.17, 15) is 18.0 Å². The maximum atomic E-state index is 13.0. The Morgan fingerprint density at radius 2 is 2.04 bits per heavy atom. The van der Waals surface area contributed by atoms with Gasteiger partial charge in [-0.05, 0) is 25.7 Å². The summed E-state index contributed by atoms with van der Waals surface area (Å²) in [5, 5.41) is 0.449. The second kappa shape index (κ2) is 8.77. The molecule has 2 heterocycles. The maximum Gasteiger partial charge on any atom is 0.251 e. The molecule has 0 unspecified atom stereocenters. The van der Waals surface area contributed by atoms with E-state index in [0.29, 0.717) is 11.6 Å². The van der Waals surface area contributed by atoms with E-state index in [-0.39, 0.29) is 40.8 Å². The van der Waals surface area contributed by atoms with Gasteiger partial charge in [0.25, 0.3) is 5.56 Å². The van der Waals surface area contributed by atoms with Crippen LogP contribution in [-0.4, -0.2) is 58.5 Å². The van der Waals surface area contributed by atoms with Crippen LogP contribution in [-0.2, 0) is 21.1 Å². The highest BCUT2D eigenvalue weighted by molar-refractivity contribution is 7.99. The molecule has 1 atom stereocenters. The molecule has 2 fully saturated rings. The molecule has 150 valence electrons. The zero-order chi connectivity index (χ0) is 19.4. The molecule has 1 amide bonds. The van der Waals surface area contributed by atoms with E-state index in [1.165, 1.54) is 17.8 Å². The van der Waals surface area contributed by atoms with Crippen molar-refractivity contribution in [2.24, 2.45) is 0 Å². The van der Waals surface area contributed by atoms with Crippen LogP contribution in [0.5, 0.6) is 0 Å². The Morgan fingerprint density at radius 3 is 2.67 bits per heavy atom. The van der Waals surface area contributed by atoms with E-state index in [0.717, 1.165) is 44.2 Å². The molecule has 0 bridgehead atoms. The Morgan fingerprint density at radius 1 is 1.30 bits per heavy atom. The van der Waals surface area contributed by atoms with Crippen molar-refractivity contribution in [3.8, 4) is 0 Å².